The van der Waals surface area contributed by atoms with E-state index < -0.39 is 5.97 Å². The quantitative estimate of drug-likeness (QED) is 0.515. The molecule has 2 heterocycles. The summed E-state index contributed by atoms with van der Waals surface area (Å²) in [6.07, 6.45) is 0. The molecule has 2 aromatic carbocycles. The second-order valence-corrected chi connectivity index (χ2v) is 7.51. The number of nitrogens with zero attached hydrogens (tertiary/aromatic N) is 2. The SMILES string of the molecule is O=C(O)c1nn(-c2ccc(Cl)cc2Cl)c2c1COc1cc(I)ccc1-2. The summed E-state index contributed by atoms with van der Waals surface area (Å²) >= 11 is 14.5. The molecule has 0 saturated carbocycles. The van der Waals surface area contributed by atoms with E-state index in [0.29, 0.717) is 32.7 Å². The van der Waals surface area contributed by atoms with Crippen LogP contribution in [0.15, 0.2) is 36.4 Å². The number of carboxylic acids is 1. The summed E-state index contributed by atoms with van der Waals surface area (Å²) in [5, 5.41) is 14.7. The molecule has 1 aliphatic rings. The highest BCUT2D eigenvalue weighted by Gasteiger charge is 2.30. The fraction of sp³-hybridized carbons (Fsp3) is 0.0588. The minimum absolute atomic E-state index is 0.0507. The third-order valence-corrected chi connectivity index (χ3v) is 5.10. The summed E-state index contributed by atoms with van der Waals surface area (Å²) in [5.74, 6) is -0.430. The number of benzene rings is 2. The molecule has 1 aliphatic heterocycles. The molecule has 0 bridgehead atoms. The lowest BCUT2D eigenvalue weighted by atomic mass is 10.0. The fourth-order valence-electron chi connectivity index (χ4n) is 2.82. The fourth-order valence-corrected chi connectivity index (χ4v) is 3.78. The summed E-state index contributed by atoms with van der Waals surface area (Å²) in [4.78, 5) is 11.6. The minimum atomic E-state index is -1.11. The zero-order valence-electron chi connectivity index (χ0n) is 12.5. The van der Waals surface area contributed by atoms with Crippen LogP contribution in [-0.2, 0) is 6.61 Å². The van der Waals surface area contributed by atoms with Crippen molar-refractivity contribution < 1.29 is 14.6 Å². The smallest absolute Gasteiger partial charge is 0.356 e. The third kappa shape index (κ3) is 2.78. The van der Waals surface area contributed by atoms with Gasteiger partial charge in [-0.1, -0.05) is 23.2 Å². The first kappa shape index (κ1) is 16.7. The molecule has 126 valence electrons. The Morgan fingerprint density at radius 1 is 1.24 bits per heavy atom. The first-order valence-electron chi connectivity index (χ1n) is 7.19. The van der Waals surface area contributed by atoms with E-state index in [1.807, 2.05) is 18.2 Å². The van der Waals surface area contributed by atoms with Crippen LogP contribution in [0.5, 0.6) is 5.75 Å². The zero-order chi connectivity index (χ0) is 17.7. The van der Waals surface area contributed by atoms with Crippen molar-refractivity contribution in [1.29, 1.82) is 0 Å². The van der Waals surface area contributed by atoms with Crippen molar-refractivity contribution in [2.75, 3.05) is 0 Å². The number of carbonyl (C=O) groups is 1. The highest BCUT2D eigenvalue weighted by molar-refractivity contribution is 14.1. The van der Waals surface area contributed by atoms with Gasteiger partial charge in [0, 0.05) is 14.2 Å². The number of aromatic carboxylic acids is 1. The summed E-state index contributed by atoms with van der Waals surface area (Å²) in [5.41, 5.74) is 2.46. The lowest BCUT2D eigenvalue weighted by Crippen LogP contribution is -2.09. The predicted molar refractivity (Wildman–Crippen MR) is 103 cm³/mol. The maximum absolute atomic E-state index is 11.6. The van der Waals surface area contributed by atoms with Crippen LogP contribution in [0.1, 0.15) is 16.1 Å². The van der Waals surface area contributed by atoms with Gasteiger partial charge < -0.3 is 9.84 Å². The van der Waals surface area contributed by atoms with Crippen molar-refractivity contribution in [3.8, 4) is 22.7 Å². The van der Waals surface area contributed by atoms with E-state index in [1.165, 1.54) is 0 Å². The lowest BCUT2D eigenvalue weighted by molar-refractivity contribution is 0.0687. The molecule has 1 aromatic heterocycles. The van der Waals surface area contributed by atoms with Gasteiger partial charge in [-0.05, 0) is 59.0 Å². The lowest BCUT2D eigenvalue weighted by Gasteiger charge is -2.20. The largest absolute Gasteiger partial charge is 0.488 e. The average molecular weight is 487 g/mol. The van der Waals surface area contributed by atoms with Gasteiger partial charge in [-0.15, -0.1) is 0 Å². The van der Waals surface area contributed by atoms with E-state index in [1.54, 1.807) is 22.9 Å². The molecule has 0 amide bonds. The van der Waals surface area contributed by atoms with Crippen molar-refractivity contribution in [3.63, 3.8) is 0 Å². The van der Waals surface area contributed by atoms with Crippen LogP contribution in [0.3, 0.4) is 0 Å². The molecule has 3 aromatic rings. The minimum Gasteiger partial charge on any atom is -0.488 e. The molecule has 5 nitrogen and oxygen atoms in total. The predicted octanol–water partition coefficient (Wildman–Crippen LogP) is 5.04. The Morgan fingerprint density at radius 2 is 2.04 bits per heavy atom. The molecular formula is C17H9Cl2IN2O3. The van der Waals surface area contributed by atoms with Gasteiger partial charge >= 0.3 is 5.97 Å². The molecule has 0 saturated heterocycles. The van der Waals surface area contributed by atoms with Crippen molar-refractivity contribution in [2.45, 2.75) is 6.61 Å². The first-order chi connectivity index (χ1) is 12.0. The number of hydrogen-bond donors (Lipinski definition) is 1. The highest BCUT2D eigenvalue weighted by Crippen LogP contribution is 2.41. The third-order valence-electron chi connectivity index (χ3n) is 3.89. The van der Waals surface area contributed by atoms with Crippen LogP contribution in [0.2, 0.25) is 10.0 Å². The van der Waals surface area contributed by atoms with Gasteiger partial charge in [0.15, 0.2) is 5.69 Å². The molecule has 0 atom stereocenters. The Hall–Kier alpha value is -1.77. The number of carboxylic acid groups (broad SMARTS) is 1. The topological polar surface area (TPSA) is 64.3 Å². The maximum Gasteiger partial charge on any atom is 0.356 e. The van der Waals surface area contributed by atoms with E-state index in [2.05, 4.69) is 27.7 Å². The highest BCUT2D eigenvalue weighted by atomic mass is 127. The molecule has 0 spiro atoms. The molecule has 25 heavy (non-hydrogen) atoms. The molecule has 1 N–H and O–H groups in total. The normalized spacial score (nSPS) is 12.3. The van der Waals surface area contributed by atoms with Gasteiger partial charge in [0.1, 0.15) is 12.4 Å². The Kier molecular flexibility index (Phi) is 4.13. The van der Waals surface area contributed by atoms with Crippen molar-refractivity contribution in [2.24, 2.45) is 0 Å². The standard InChI is InChI=1S/C17H9Cl2IN2O3/c18-8-1-4-13(12(19)5-8)22-16-10-3-2-9(20)6-14(10)25-7-11(16)15(21-22)17(23)24/h1-6H,7H2,(H,23,24). The first-order valence-corrected chi connectivity index (χ1v) is 9.02. The number of hydrogen-bond acceptors (Lipinski definition) is 3. The Balaban J connectivity index is 2.04. The van der Waals surface area contributed by atoms with Gasteiger partial charge in [-0.25, -0.2) is 9.48 Å². The molecule has 0 radical (unpaired) electrons. The van der Waals surface area contributed by atoms with E-state index in [0.717, 1.165) is 9.13 Å². The Bertz CT molecular complexity index is 1030. The number of aromatic nitrogens is 2. The summed E-state index contributed by atoms with van der Waals surface area (Å²) < 4.78 is 8.31. The molecule has 0 fully saturated rings. The molecule has 4 rings (SSSR count). The summed E-state index contributed by atoms with van der Waals surface area (Å²) in [7, 11) is 0. The second-order valence-electron chi connectivity index (χ2n) is 5.42. The molecule has 8 heteroatoms. The van der Waals surface area contributed by atoms with Crippen LogP contribution >= 0.6 is 45.8 Å². The summed E-state index contributed by atoms with van der Waals surface area (Å²) in [6.45, 7) is 0.134. The van der Waals surface area contributed by atoms with Crippen LogP contribution in [-0.4, -0.2) is 20.9 Å². The number of ether oxygens (including phenoxy) is 1. The Labute approximate surface area is 166 Å². The van der Waals surface area contributed by atoms with Gasteiger partial charge in [0.25, 0.3) is 0 Å². The van der Waals surface area contributed by atoms with E-state index >= 15 is 0 Å². The summed E-state index contributed by atoms with van der Waals surface area (Å²) in [6, 6.07) is 10.7. The number of halogens is 3. The maximum atomic E-state index is 11.6. The second kappa shape index (κ2) is 6.19. The van der Waals surface area contributed by atoms with Crippen LogP contribution in [0, 0.1) is 3.57 Å². The van der Waals surface area contributed by atoms with Crippen LogP contribution < -0.4 is 4.74 Å². The Morgan fingerprint density at radius 3 is 2.76 bits per heavy atom. The van der Waals surface area contributed by atoms with Gasteiger partial charge in [-0.2, -0.15) is 5.10 Å². The van der Waals surface area contributed by atoms with Gasteiger partial charge in [0.2, 0.25) is 0 Å². The van der Waals surface area contributed by atoms with E-state index in [9.17, 15) is 9.90 Å². The zero-order valence-corrected chi connectivity index (χ0v) is 16.1. The molecule has 0 aliphatic carbocycles. The molecular weight excluding hydrogens is 478 g/mol. The van der Waals surface area contributed by atoms with Crippen LogP contribution in [0.4, 0.5) is 0 Å². The van der Waals surface area contributed by atoms with Crippen molar-refractivity contribution >= 4 is 51.8 Å². The van der Waals surface area contributed by atoms with Crippen molar-refractivity contribution in [3.05, 3.63) is 61.3 Å². The van der Waals surface area contributed by atoms with Crippen molar-refractivity contribution in [1.82, 2.24) is 9.78 Å². The average Bonchev–Trinajstić information content (AvgIpc) is 2.94. The van der Waals surface area contributed by atoms with E-state index in [-0.39, 0.29) is 12.3 Å². The van der Waals surface area contributed by atoms with Gasteiger partial charge in [0.05, 0.1) is 22.0 Å². The van der Waals surface area contributed by atoms with Crippen LogP contribution in [0.25, 0.3) is 16.9 Å². The number of fused-ring (bicyclic) bond motifs is 3. The monoisotopic (exact) mass is 486 g/mol. The van der Waals surface area contributed by atoms with E-state index in [4.69, 9.17) is 27.9 Å². The van der Waals surface area contributed by atoms with Gasteiger partial charge in [-0.3, -0.25) is 0 Å². The molecule has 0 unspecified atom stereocenters. The number of rotatable bonds is 2.